The van der Waals surface area contributed by atoms with Crippen LogP contribution in [-0.2, 0) is 0 Å². The largest absolute Gasteiger partial charge is 0.456 e. The number of ketones is 1. The number of carbonyl (C=O) groups excluding carboxylic acids is 2. The maximum Gasteiger partial charge on any atom is 0.289 e. The molecule has 5 rings (SSSR count). The van der Waals surface area contributed by atoms with Crippen LogP contribution < -0.4 is 0 Å². The molecule has 1 aliphatic heterocycles. The van der Waals surface area contributed by atoms with Crippen LogP contribution in [0.25, 0.3) is 10.9 Å². The molecule has 0 bridgehead atoms. The third kappa shape index (κ3) is 3.74. The highest BCUT2D eigenvalue weighted by Gasteiger charge is 2.33. The van der Waals surface area contributed by atoms with E-state index in [1.807, 2.05) is 67.7 Å². The number of rotatable bonds is 5. The average molecular weight is 428 g/mol. The number of Topliss-reactive ketones (excluding diaryl/α,β-unsaturated/α-hetero) is 1. The molecule has 1 amide bonds. The number of fused-ring (bicyclic) bond motifs is 1. The Kier molecular flexibility index (Phi) is 5.37. The van der Waals surface area contributed by atoms with Gasteiger partial charge in [-0.3, -0.25) is 14.5 Å². The first-order chi connectivity index (χ1) is 15.6. The van der Waals surface area contributed by atoms with Crippen LogP contribution in [0.4, 0.5) is 0 Å². The van der Waals surface area contributed by atoms with Crippen molar-refractivity contribution in [3.63, 3.8) is 0 Å². The average Bonchev–Trinajstić information content (AvgIpc) is 3.46. The molecule has 162 valence electrons. The lowest BCUT2D eigenvalue weighted by atomic mass is 9.95. The molecule has 0 aliphatic carbocycles. The monoisotopic (exact) mass is 427 g/mol. The quantitative estimate of drug-likeness (QED) is 0.478. The van der Waals surface area contributed by atoms with Gasteiger partial charge in [0.25, 0.3) is 5.91 Å². The Morgan fingerprint density at radius 2 is 1.62 bits per heavy atom. The van der Waals surface area contributed by atoms with Crippen LogP contribution >= 0.6 is 0 Å². The predicted molar refractivity (Wildman–Crippen MR) is 123 cm³/mol. The molecule has 32 heavy (non-hydrogen) atoms. The number of H-pyrrole nitrogens is 1. The van der Waals surface area contributed by atoms with Crippen LogP contribution in [0.3, 0.4) is 0 Å². The van der Waals surface area contributed by atoms with E-state index in [1.54, 1.807) is 17.0 Å². The van der Waals surface area contributed by atoms with Crippen molar-refractivity contribution in [3.05, 3.63) is 95.6 Å². The molecule has 0 radical (unpaired) electrons. The fourth-order valence-electron chi connectivity index (χ4n) is 4.47. The number of hydrogen-bond donors (Lipinski definition) is 1. The van der Waals surface area contributed by atoms with Gasteiger partial charge in [-0.2, -0.15) is 0 Å². The fraction of sp³-hybridized carbons (Fsp3) is 0.231. The molecule has 0 saturated carbocycles. The number of nitrogens with one attached hydrogen (secondary N) is 1. The summed E-state index contributed by atoms with van der Waals surface area (Å²) in [7, 11) is 0. The normalized spacial score (nSPS) is 15.7. The Labute approximate surface area is 186 Å². The molecule has 1 N–H and O–H groups in total. The zero-order valence-corrected chi connectivity index (χ0v) is 18.0. The summed E-state index contributed by atoms with van der Waals surface area (Å²) in [5, 5.41) is 0.931. The molecule has 6 heteroatoms. The molecule has 2 aromatic carbocycles. The van der Waals surface area contributed by atoms with Crippen LogP contribution in [0, 0.1) is 6.92 Å². The van der Waals surface area contributed by atoms with Crippen molar-refractivity contribution in [1.29, 1.82) is 0 Å². The Bertz CT molecular complexity index is 1250. The lowest BCUT2D eigenvalue weighted by Gasteiger charge is -2.38. The topological polar surface area (TPSA) is 69.6 Å². The molecular formula is C26H25N3O3. The van der Waals surface area contributed by atoms with E-state index in [4.69, 9.17) is 4.42 Å². The van der Waals surface area contributed by atoms with Crippen molar-refractivity contribution in [2.45, 2.75) is 13.0 Å². The molecule has 1 fully saturated rings. The van der Waals surface area contributed by atoms with E-state index in [9.17, 15) is 9.59 Å². The lowest BCUT2D eigenvalue weighted by molar-refractivity contribution is 0.0509. The lowest BCUT2D eigenvalue weighted by Crippen LogP contribution is -2.51. The van der Waals surface area contributed by atoms with Gasteiger partial charge in [0, 0.05) is 48.8 Å². The van der Waals surface area contributed by atoms with E-state index in [1.165, 1.54) is 0 Å². The van der Waals surface area contributed by atoms with Gasteiger partial charge in [-0.25, -0.2) is 0 Å². The van der Waals surface area contributed by atoms with Gasteiger partial charge < -0.3 is 14.3 Å². The van der Waals surface area contributed by atoms with E-state index in [2.05, 4.69) is 9.88 Å². The van der Waals surface area contributed by atoms with Crippen molar-refractivity contribution < 1.29 is 14.0 Å². The van der Waals surface area contributed by atoms with Gasteiger partial charge in [0.2, 0.25) is 0 Å². The zero-order valence-electron chi connectivity index (χ0n) is 18.0. The van der Waals surface area contributed by atoms with Crippen molar-refractivity contribution in [2.24, 2.45) is 0 Å². The molecule has 0 spiro atoms. The Morgan fingerprint density at radius 3 is 2.34 bits per heavy atom. The highest BCUT2D eigenvalue weighted by Crippen LogP contribution is 2.30. The van der Waals surface area contributed by atoms with E-state index in [0.717, 1.165) is 22.2 Å². The number of furan rings is 1. The number of carbonyl (C=O) groups is 2. The highest BCUT2D eigenvalue weighted by molar-refractivity contribution is 6.10. The summed E-state index contributed by atoms with van der Waals surface area (Å²) < 4.78 is 5.51. The number of nitrogens with zero attached hydrogens (tertiary/aromatic N) is 2. The molecule has 2 aromatic heterocycles. The van der Waals surface area contributed by atoms with Crippen LogP contribution in [0.2, 0.25) is 0 Å². The molecule has 1 aliphatic rings. The summed E-state index contributed by atoms with van der Waals surface area (Å²) in [6, 6.07) is 20.9. The van der Waals surface area contributed by atoms with Crippen LogP contribution in [0.1, 0.15) is 38.3 Å². The minimum atomic E-state index is -0.404. The first-order valence-electron chi connectivity index (χ1n) is 10.9. The fourth-order valence-corrected chi connectivity index (χ4v) is 4.47. The second-order valence-corrected chi connectivity index (χ2v) is 8.16. The molecule has 4 aromatic rings. The first kappa shape index (κ1) is 20.3. The smallest absolute Gasteiger partial charge is 0.289 e. The number of benzene rings is 2. The van der Waals surface area contributed by atoms with Crippen molar-refractivity contribution in [1.82, 2.24) is 14.8 Å². The van der Waals surface area contributed by atoms with Crippen LogP contribution in [0.5, 0.6) is 0 Å². The summed E-state index contributed by atoms with van der Waals surface area (Å²) in [6.45, 7) is 4.14. The summed E-state index contributed by atoms with van der Waals surface area (Å²) in [6.07, 6.45) is 1.81. The second-order valence-electron chi connectivity index (χ2n) is 8.16. The number of amides is 1. The maximum atomic E-state index is 13.8. The number of aromatic amines is 1. The Hall–Kier alpha value is -3.64. The molecule has 3 heterocycles. The zero-order chi connectivity index (χ0) is 22.1. The summed E-state index contributed by atoms with van der Waals surface area (Å²) in [5.74, 6) is 1.05. The third-order valence-corrected chi connectivity index (χ3v) is 6.14. The minimum Gasteiger partial charge on any atom is -0.456 e. The highest BCUT2D eigenvalue weighted by atomic mass is 16.3. The predicted octanol–water partition coefficient (Wildman–Crippen LogP) is 4.45. The SMILES string of the molecule is Cc1ccc(C(=O)N2CCN(C(C(=O)c3c[nH]c4ccccc34)c3ccccc3)CC2)o1. The minimum absolute atomic E-state index is 0.0649. The Balaban J connectivity index is 1.40. The van der Waals surface area contributed by atoms with Gasteiger partial charge in [0.15, 0.2) is 11.5 Å². The number of para-hydroxylation sites is 1. The summed E-state index contributed by atoms with van der Waals surface area (Å²) in [5.41, 5.74) is 2.61. The third-order valence-electron chi connectivity index (χ3n) is 6.14. The molecule has 1 atom stereocenters. The van der Waals surface area contributed by atoms with Crippen LogP contribution in [0.15, 0.2) is 77.3 Å². The van der Waals surface area contributed by atoms with Gasteiger partial charge in [-0.15, -0.1) is 0 Å². The van der Waals surface area contributed by atoms with Gasteiger partial charge in [0.05, 0.1) is 6.04 Å². The van der Waals surface area contributed by atoms with Crippen molar-refractivity contribution >= 4 is 22.6 Å². The van der Waals surface area contributed by atoms with Crippen molar-refractivity contribution in [2.75, 3.05) is 26.2 Å². The summed E-state index contributed by atoms with van der Waals surface area (Å²) >= 11 is 0. The number of hydrogen-bond acceptors (Lipinski definition) is 4. The maximum absolute atomic E-state index is 13.8. The van der Waals surface area contributed by atoms with Crippen LogP contribution in [-0.4, -0.2) is 52.7 Å². The van der Waals surface area contributed by atoms with E-state index < -0.39 is 6.04 Å². The number of aromatic nitrogens is 1. The van der Waals surface area contributed by atoms with Crippen molar-refractivity contribution in [3.8, 4) is 0 Å². The Morgan fingerprint density at radius 1 is 0.906 bits per heavy atom. The van der Waals surface area contributed by atoms with Gasteiger partial charge in [-0.1, -0.05) is 48.5 Å². The molecule has 6 nitrogen and oxygen atoms in total. The molecular weight excluding hydrogens is 402 g/mol. The van der Waals surface area contributed by atoms with E-state index in [0.29, 0.717) is 37.5 Å². The van der Waals surface area contributed by atoms with Gasteiger partial charge >= 0.3 is 0 Å². The van der Waals surface area contributed by atoms with E-state index in [-0.39, 0.29) is 11.7 Å². The second kappa shape index (κ2) is 8.48. The van der Waals surface area contributed by atoms with Gasteiger partial charge in [0.1, 0.15) is 5.76 Å². The first-order valence-corrected chi connectivity index (χ1v) is 10.9. The number of piperazine rings is 1. The summed E-state index contributed by atoms with van der Waals surface area (Å²) in [4.78, 5) is 33.8. The molecule has 1 unspecified atom stereocenters. The standard InChI is InChI=1S/C26H25N3O3/c1-18-11-12-23(32-18)26(31)29-15-13-28(14-16-29)24(19-7-3-2-4-8-19)25(30)21-17-27-22-10-6-5-9-20(21)22/h2-12,17,24,27H,13-16H2,1H3. The molecule has 1 saturated heterocycles. The van der Waals surface area contributed by atoms with E-state index >= 15 is 0 Å². The number of aryl methyl sites for hydroxylation is 1. The van der Waals surface area contributed by atoms with Gasteiger partial charge in [-0.05, 0) is 30.7 Å².